The molecular formula is C15H24N2O3. The largest absolute Gasteiger partial charge is 0.490 e. The fraction of sp³-hybridized carbons (Fsp3) is 0.600. The SMILES string of the molecule is CC(Cc1ccc2c(c1)NCCO2)NCCOCCO. The summed E-state index contributed by atoms with van der Waals surface area (Å²) in [6.45, 7) is 5.68. The van der Waals surface area contributed by atoms with Gasteiger partial charge in [-0.1, -0.05) is 6.07 Å². The van der Waals surface area contributed by atoms with E-state index in [4.69, 9.17) is 14.6 Å². The first-order valence-electron chi connectivity index (χ1n) is 7.21. The van der Waals surface area contributed by atoms with Crippen LogP contribution in [0, 0.1) is 0 Å². The maximum atomic E-state index is 8.60. The van der Waals surface area contributed by atoms with E-state index >= 15 is 0 Å². The van der Waals surface area contributed by atoms with Crippen molar-refractivity contribution in [2.24, 2.45) is 0 Å². The fourth-order valence-electron chi connectivity index (χ4n) is 2.28. The number of nitrogens with one attached hydrogen (secondary N) is 2. The van der Waals surface area contributed by atoms with Crippen LogP contribution in [0.3, 0.4) is 0 Å². The van der Waals surface area contributed by atoms with Crippen LogP contribution in [0.2, 0.25) is 0 Å². The second-order valence-electron chi connectivity index (χ2n) is 5.00. The van der Waals surface area contributed by atoms with Crippen molar-refractivity contribution in [2.45, 2.75) is 19.4 Å². The van der Waals surface area contributed by atoms with Gasteiger partial charge in [-0.05, 0) is 31.0 Å². The zero-order valence-corrected chi connectivity index (χ0v) is 12.0. The van der Waals surface area contributed by atoms with Crippen molar-refractivity contribution in [3.05, 3.63) is 23.8 Å². The van der Waals surface area contributed by atoms with E-state index in [9.17, 15) is 0 Å². The number of ether oxygens (including phenoxy) is 2. The molecule has 112 valence electrons. The quantitative estimate of drug-likeness (QED) is 0.621. The highest BCUT2D eigenvalue weighted by molar-refractivity contribution is 5.59. The number of hydrogen-bond donors (Lipinski definition) is 3. The van der Waals surface area contributed by atoms with Crippen LogP contribution in [-0.4, -0.2) is 50.7 Å². The molecule has 5 nitrogen and oxygen atoms in total. The molecule has 0 aliphatic carbocycles. The molecule has 0 spiro atoms. The van der Waals surface area contributed by atoms with Crippen molar-refractivity contribution in [1.82, 2.24) is 5.32 Å². The predicted octanol–water partition coefficient (Wildman–Crippen LogP) is 1.02. The first-order chi connectivity index (χ1) is 9.79. The van der Waals surface area contributed by atoms with Crippen LogP contribution in [0.15, 0.2) is 18.2 Å². The van der Waals surface area contributed by atoms with Crippen LogP contribution in [0.5, 0.6) is 5.75 Å². The van der Waals surface area contributed by atoms with E-state index in [1.54, 1.807) is 0 Å². The number of hydrogen-bond acceptors (Lipinski definition) is 5. The maximum absolute atomic E-state index is 8.60. The Kier molecular flexibility index (Phi) is 6.11. The lowest BCUT2D eigenvalue weighted by molar-refractivity contribution is 0.0928. The third kappa shape index (κ3) is 4.67. The van der Waals surface area contributed by atoms with Crippen LogP contribution in [0.25, 0.3) is 0 Å². The zero-order chi connectivity index (χ0) is 14.2. The summed E-state index contributed by atoms with van der Waals surface area (Å²) in [5.74, 6) is 0.943. The monoisotopic (exact) mass is 280 g/mol. The van der Waals surface area contributed by atoms with Crippen molar-refractivity contribution in [3.8, 4) is 5.75 Å². The first kappa shape index (κ1) is 15.1. The van der Waals surface area contributed by atoms with E-state index in [1.807, 2.05) is 6.07 Å². The average molecular weight is 280 g/mol. The molecule has 0 bridgehead atoms. The lowest BCUT2D eigenvalue weighted by Crippen LogP contribution is -2.31. The molecule has 3 N–H and O–H groups in total. The average Bonchev–Trinajstić information content (AvgIpc) is 2.47. The first-order valence-corrected chi connectivity index (χ1v) is 7.21. The van der Waals surface area contributed by atoms with Crippen molar-refractivity contribution in [3.63, 3.8) is 0 Å². The van der Waals surface area contributed by atoms with Crippen molar-refractivity contribution < 1.29 is 14.6 Å². The van der Waals surface area contributed by atoms with Crippen LogP contribution in [0.4, 0.5) is 5.69 Å². The molecule has 0 saturated carbocycles. The van der Waals surface area contributed by atoms with Crippen LogP contribution >= 0.6 is 0 Å². The van der Waals surface area contributed by atoms with Gasteiger partial charge in [-0.3, -0.25) is 0 Å². The van der Waals surface area contributed by atoms with Gasteiger partial charge in [0.25, 0.3) is 0 Å². The van der Waals surface area contributed by atoms with Gasteiger partial charge in [0.2, 0.25) is 0 Å². The summed E-state index contributed by atoms with van der Waals surface area (Å²) in [6, 6.07) is 6.70. The maximum Gasteiger partial charge on any atom is 0.142 e. The van der Waals surface area contributed by atoms with Crippen molar-refractivity contribution in [2.75, 3.05) is 44.8 Å². The van der Waals surface area contributed by atoms with Gasteiger partial charge in [0, 0.05) is 19.1 Å². The van der Waals surface area contributed by atoms with Gasteiger partial charge in [-0.25, -0.2) is 0 Å². The van der Waals surface area contributed by atoms with Gasteiger partial charge in [-0.15, -0.1) is 0 Å². The lowest BCUT2D eigenvalue weighted by atomic mass is 10.1. The molecule has 1 aromatic rings. The van der Waals surface area contributed by atoms with Gasteiger partial charge in [-0.2, -0.15) is 0 Å². The minimum atomic E-state index is 0.0831. The Balaban J connectivity index is 1.75. The summed E-state index contributed by atoms with van der Waals surface area (Å²) in [4.78, 5) is 0. The smallest absolute Gasteiger partial charge is 0.142 e. The second kappa shape index (κ2) is 8.09. The van der Waals surface area contributed by atoms with Crippen LogP contribution < -0.4 is 15.4 Å². The molecule has 0 saturated heterocycles. The molecule has 1 unspecified atom stereocenters. The second-order valence-corrected chi connectivity index (χ2v) is 5.00. The third-order valence-corrected chi connectivity index (χ3v) is 3.24. The van der Waals surface area contributed by atoms with Crippen molar-refractivity contribution in [1.29, 1.82) is 0 Å². The highest BCUT2D eigenvalue weighted by Crippen LogP contribution is 2.28. The molecule has 0 amide bonds. The lowest BCUT2D eigenvalue weighted by Gasteiger charge is -2.20. The highest BCUT2D eigenvalue weighted by atomic mass is 16.5. The molecule has 5 heteroatoms. The van der Waals surface area contributed by atoms with Crippen molar-refractivity contribution >= 4 is 5.69 Å². The van der Waals surface area contributed by atoms with Gasteiger partial charge >= 0.3 is 0 Å². The number of aliphatic hydroxyl groups is 1. The summed E-state index contributed by atoms with van der Waals surface area (Å²) in [6.07, 6.45) is 0.967. The standard InChI is InChI=1S/C15H24N2O3/c1-12(16-4-7-19-9-6-18)10-13-2-3-15-14(11-13)17-5-8-20-15/h2-3,11-12,16-18H,4-10H2,1H3. The number of benzene rings is 1. The van der Waals surface area contributed by atoms with Gasteiger partial charge < -0.3 is 25.2 Å². The minimum absolute atomic E-state index is 0.0831. The van der Waals surface area contributed by atoms with E-state index in [1.165, 1.54) is 5.56 Å². The number of aliphatic hydroxyl groups excluding tert-OH is 1. The molecule has 2 rings (SSSR count). The topological polar surface area (TPSA) is 62.8 Å². The summed E-state index contributed by atoms with van der Waals surface area (Å²) in [5, 5.41) is 15.4. The fourth-order valence-corrected chi connectivity index (χ4v) is 2.28. The molecule has 20 heavy (non-hydrogen) atoms. The minimum Gasteiger partial charge on any atom is -0.490 e. The summed E-state index contributed by atoms with van der Waals surface area (Å²) < 4.78 is 10.8. The highest BCUT2D eigenvalue weighted by Gasteiger charge is 2.11. The van der Waals surface area contributed by atoms with E-state index < -0.39 is 0 Å². The van der Waals surface area contributed by atoms with E-state index in [0.717, 1.165) is 37.6 Å². The Hall–Kier alpha value is -1.30. The summed E-state index contributed by atoms with van der Waals surface area (Å²) >= 11 is 0. The molecule has 1 aliphatic heterocycles. The van der Waals surface area contributed by atoms with E-state index in [2.05, 4.69) is 29.7 Å². The van der Waals surface area contributed by atoms with Crippen LogP contribution in [-0.2, 0) is 11.2 Å². The summed E-state index contributed by atoms with van der Waals surface area (Å²) in [5.41, 5.74) is 2.38. The van der Waals surface area contributed by atoms with Gasteiger partial charge in [0.15, 0.2) is 0 Å². The Morgan fingerprint density at radius 3 is 3.20 bits per heavy atom. The van der Waals surface area contributed by atoms with E-state index in [-0.39, 0.29) is 6.61 Å². The van der Waals surface area contributed by atoms with E-state index in [0.29, 0.717) is 19.3 Å². The number of fused-ring (bicyclic) bond motifs is 1. The van der Waals surface area contributed by atoms with Gasteiger partial charge in [0.1, 0.15) is 12.4 Å². The Bertz CT molecular complexity index is 412. The Labute approximate surface area is 120 Å². The zero-order valence-electron chi connectivity index (χ0n) is 12.0. The number of rotatable bonds is 8. The third-order valence-electron chi connectivity index (χ3n) is 3.24. The molecule has 1 atom stereocenters. The van der Waals surface area contributed by atoms with Crippen LogP contribution in [0.1, 0.15) is 12.5 Å². The Morgan fingerprint density at radius 2 is 2.35 bits per heavy atom. The van der Waals surface area contributed by atoms with Gasteiger partial charge in [0.05, 0.1) is 25.5 Å². The molecule has 0 aromatic heterocycles. The number of anilines is 1. The molecule has 1 heterocycles. The Morgan fingerprint density at radius 1 is 1.45 bits per heavy atom. The molecule has 0 radical (unpaired) electrons. The normalized spacial score (nSPS) is 15.1. The molecular weight excluding hydrogens is 256 g/mol. The summed E-state index contributed by atoms with van der Waals surface area (Å²) in [7, 11) is 0. The molecule has 0 fully saturated rings. The molecule has 1 aromatic carbocycles. The predicted molar refractivity (Wildman–Crippen MR) is 79.5 cm³/mol. The molecule has 1 aliphatic rings.